The average molecular weight is 720 g/mol. The molecule has 2 heterocycles. The minimum absolute atomic E-state index is 0.885. The van der Waals surface area contributed by atoms with Gasteiger partial charge in [0.2, 0.25) is 0 Å². The van der Waals surface area contributed by atoms with E-state index in [-0.39, 0.29) is 0 Å². The summed E-state index contributed by atoms with van der Waals surface area (Å²) in [5.74, 6) is 0. The van der Waals surface area contributed by atoms with E-state index in [4.69, 9.17) is 4.42 Å². The van der Waals surface area contributed by atoms with Gasteiger partial charge in [0.25, 0.3) is 0 Å². The first-order valence-electron chi connectivity index (χ1n) is 18.7. The molecule has 2 nitrogen and oxygen atoms in total. The van der Waals surface area contributed by atoms with Crippen LogP contribution in [0.1, 0.15) is 0 Å². The van der Waals surface area contributed by atoms with E-state index in [9.17, 15) is 0 Å². The van der Waals surface area contributed by atoms with Crippen LogP contribution in [0.2, 0.25) is 0 Å². The van der Waals surface area contributed by atoms with Crippen molar-refractivity contribution in [2.75, 3.05) is 4.90 Å². The molecule has 0 aliphatic heterocycles. The Hall–Kier alpha value is -6.94. The van der Waals surface area contributed by atoms with Crippen LogP contribution in [0.3, 0.4) is 0 Å². The zero-order chi connectivity index (χ0) is 36.3. The van der Waals surface area contributed by atoms with Crippen molar-refractivity contribution in [3.8, 4) is 33.4 Å². The average Bonchev–Trinajstić information content (AvgIpc) is 3.82. The van der Waals surface area contributed by atoms with E-state index in [2.05, 4.69) is 193 Å². The summed E-state index contributed by atoms with van der Waals surface area (Å²) in [6.07, 6.45) is 0. The number of thiophene rings is 1. The molecule has 0 N–H and O–H groups in total. The standard InChI is InChI=1S/C52H33NOS/c1-2-17-36-34(15-1)16-13-24-38(36)39-19-3-4-20-40(39)41-21-6-10-26-46(41)53(47-27-14-30-51-52(47)44-23-8-12-29-50(44)55-51)45-25-9-5-18-37(45)35-31-32-43-42-22-7-11-28-48(42)54-49(43)33-35/h1-33H. The fourth-order valence-electron chi connectivity index (χ4n) is 8.45. The zero-order valence-electron chi connectivity index (χ0n) is 29.8. The van der Waals surface area contributed by atoms with Crippen molar-refractivity contribution in [3.05, 3.63) is 200 Å². The van der Waals surface area contributed by atoms with Gasteiger partial charge < -0.3 is 9.32 Å². The molecule has 3 heteroatoms. The molecule has 0 fully saturated rings. The molecule has 0 saturated carbocycles. The third-order valence-corrected chi connectivity index (χ3v) is 12.0. The third kappa shape index (κ3) is 5.16. The highest BCUT2D eigenvalue weighted by molar-refractivity contribution is 7.26. The molecular formula is C52H33NOS. The van der Waals surface area contributed by atoms with Crippen molar-refractivity contribution in [2.24, 2.45) is 0 Å². The van der Waals surface area contributed by atoms with Crippen molar-refractivity contribution >= 4 is 81.3 Å². The van der Waals surface area contributed by atoms with Crippen LogP contribution in [0.15, 0.2) is 205 Å². The van der Waals surface area contributed by atoms with Crippen molar-refractivity contribution < 1.29 is 4.42 Å². The number of furan rings is 1. The maximum absolute atomic E-state index is 6.43. The Balaban J connectivity index is 1.19. The quantitative estimate of drug-likeness (QED) is 0.170. The summed E-state index contributed by atoms with van der Waals surface area (Å²) in [5, 5.41) is 7.25. The smallest absolute Gasteiger partial charge is 0.136 e. The lowest BCUT2D eigenvalue weighted by Crippen LogP contribution is -2.13. The molecular weight excluding hydrogens is 687 g/mol. The summed E-state index contributed by atoms with van der Waals surface area (Å²) in [6.45, 7) is 0. The lowest BCUT2D eigenvalue weighted by atomic mass is 9.90. The van der Waals surface area contributed by atoms with E-state index in [0.29, 0.717) is 0 Å². The van der Waals surface area contributed by atoms with Crippen LogP contribution in [0.25, 0.3) is 86.3 Å². The van der Waals surface area contributed by atoms with Gasteiger partial charge in [0.05, 0.1) is 17.1 Å². The highest BCUT2D eigenvalue weighted by Crippen LogP contribution is 2.50. The Morgan fingerprint density at radius 2 is 0.891 bits per heavy atom. The molecule has 0 aliphatic rings. The number of rotatable bonds is 6. The van der Waals surface area contributed by atoms with Gasteiger partial charge in [-0.05, 0) is 81.6 Å². The number of fused-ring (bicyclic) bond motifs is 7. The Labute approximate surface area is 322 Å². The number of hydrogen-bond acceptors (Lipinski definition) is 3. The lowest BCUT2D eigenvalue weighted by Gasteiger charge is -2.31. The van der Waals surface area contributed by atoms with E-state index in [0.717, 1.165) is 55.7 Å². The van der Waals surface area contributed by atoms with Gasteiger partial charge in [-0.25, -0.2) is 0 Å². The van der Waals surface area contributed by atoms with Crippen LogP contribution in [-0.2, 0) is 0 Å². The molecule has 0 spiro atoms. The predicted molar refractivity (Wildman–Crippen MR) is 235 cm³/mol. The van der Waals surface area contributed by atoms with E-state index >= 15 is 0 Å². The van der Waals surface area contributed by atoms with E-state index in [1.165, 1.54) is 47.6 Å². The molecule has 0 atom stereocenters. The molecule has 0 unspecified atom stereocenters. The first-order chi connectivity index (χ1) is 27.3. The Morgan fingerprint density at radius 3 is 1.75 bits per heavy atom. The normalized spacial score (nSPS) is 11.6. The fraction of sp³-hybridized carbons (Fsp3) is 0. The minimum Gasteiger partial charge on any atom is -0.456 e. The monoisotopic (exact) mass is 719 g/mol. The molecule has 2 aromatic heterocycles. The van der Waals surface area contributed by atoms with Gasteiger partial charge in [-0.1, -0.05) is 152 Å². The van der Waals surface area contributed by atoms with Crippen molar-refractivity contribution in [1.82, 2.24) is 0 Å². The maximum Gasteiger partial charge on any atom is 0.136 e. The molecule has 11 aromatic rings. The first-order valence-corrected chi connectivity index (χ1v) is 19.5. The van der Waals surface area contributed by atoms with E-state index < -0.39 is 0 Å². The number of hydrogen-bond donors (Lipinski definition) is 0. The third-order valence-electron chi connectivity index (χ3n) is 10.9. The number of anilines is 3. The second kappa shape index (κ2) is 12.9. The number of nitrogens with zero attached hydrogens (tertiary/aromatic N) is 1. The van der Waals surface area contributed by atoms with Crippen LogP contribution in [0.4, 0.5) is 17.1 Å². The molecule has 0 bridgehead atoms. The van der Waals surface area contributed by atoms with Crippen LogP contribution in [0.5, 0.6) is 0 Å². The molecule has 0 saturated heterocycles. The van der Waals surface area contributed by atoms with E-state index in [1.807, 2.05) is 23.5 Å². The number of benzene rings is 9. The van der Waals surface area contributed by atoms with Crippen molar-refractivity contribution in [3.63, 3.8) is 0 Å². The molecule has 11 rings (SSSR count). The minimum atomic E-state index is 0.885. The molecule has 0 aliphatic carbocycles. The van der Waals surface area contributed by atoms with Crippen LogP contribution >= 0.6 is 11.3 Å². The molecule has 0 radical (unpaired) electrons. The van der Waals surface area contributed by atoms with Crippen LogP contribution in [-0.4, -0.2) is 0 Å². The van der Waals surface area contributed by atoms with Gasteiger partial charge >= 0.3 is 0 Å². The van der Waals surface area contributed by atoms with Gasteiger partial charge in [-0.15, -0.1) is 11.3 Å². The van der Waals surface area contributed by atoms with Gasteiger partial charge in [0.15, 0.2) is 0 Å². The summed E-state index contributed by atoms with van der Waals surface area (Å²) >= 11 is 1.85. The predicted octanol–water partition coefficient (Wildman–Crippen LogP) is 15.6. The summed E-state index contributed by atoms with van der Waals surface area (Å²) in [6, 6.07) is 72.3. The topological polar surface area (TPSA) is 16.4 Å². The number of para-hydroxylation sites is 3. The first kappa shape index (κ1) is 31.6. The maximum atomic E-state index is 6.43. The summed E-state index contributed by atoms with van der Waals surface area (Å²) in [4.78, 5) is 2.49. The second-order valence-corrected chi connectivity index (χ2v) is 15.1. The molecule has 9 aromatic carbocycles. The van der Waals surface area contributed by atoms with Crippen LogP contribution in [0, 0.1) is 0 Å². The fourth-order valence-corrected chi connectivity index (χ4v) is 9.57. The van der Waals surface area contributed by atoms with Crippen molar-refractivity contribution in [2.45, 2.75) is 0 Å². The largest absolute Gasteiger partial charge is 0.456 e. The summed E-state index contributed by atoms with van der Waals surface area (Å²) < 4.78 is 8.97. The highest BCUT2D eigenvalue weighted by atomic mass is 32.1. The van der Waals surface area contributed by atoms with Gasteiger partial charge in [0.1, 0.15) is 11.2 Å². The molecule has 55 heavy (non-hydrogen) atoms. The molecule has 0 amide bonds. The highest BCUT2D eigenvalue weighted by Gasteiger charge is 2.25. The Bertz CT molecular complexity index is 3240. The Morgan fingerprint density at radius 1 is 0.345 bits per heavy atom. The summed E-state index contributed by atoms with van der Waals surface area (Å²) in [7, 11) is 0. The van der Waals surface area contributed by atoms with Gasteiger partial charge in [-0.2, -0.15) is 0 Å². The van der Waals surface area contributed by atoms with Crippen LogP contribution < -0.4 is 4.90 Å². The lowest BCUT2D eigenvalue weighted by molar-refractivity contribution is 0.669. The molecule has 258 valence electrons. The Kier molecular flexibility index (Phi) is 7.39. The van der Waals surface area contributed by atoms with Gasteiger partial charge in [-0.3, -0.25) is 0 Å². The second-order valence-electron chi connectivity index (χ2n) is 14.0. The SMILES string of the molecule is c1ccc(-c2cccc3ccccc23)c(-c2ccccc2N(c2ccccc2-c2ccc3c(c2)oc2ccccc23)c2cccc3sc4ccccc4c23)c1. The van der Waals surface area contributed by atoms with E-state index in [1.54, 1.807) is 0 Å². The van der Waals surface area contributed by atoms with Gasteiger partial charge in [0, 0.05) is 42.1 Å². The zero-order valence-corrected chi connectivity index (χ0v) is 30.6. The van der Waals surface area contributed by atoms with Crippen molar-refractivity contribution in [1.29, 1.82) is 0 Å². The summed E-state index contributed by atoms with van der Waals surface area (Å²) in [5.41, 5.74) is 12.1.